The van der Waals surface area contributed by atoms with Crippen LogP contribution in [0.2, 0.25) is 0 Å². The molecule has 1 fully saturated rings. The molecule has 0 saturated carbocycles. The van der Waals surface area contributed by atoms with E-state index >= 15 is 0 Å². The molecule has 112 valence electrons. The van der Waals surface area contributed by atoms with Crippen LogP contribution in [0.5, 0.6) is 0 Å². The number of hydrogen-bond donors (Lipinski definition) is 2. The summed E-state index contributed by atoms with van der Waals surface area (Å²) in [5.74, 6) is 6.44. The maximum Gasteiger partial charge on any atom is 0.145 e. The summed E-state index contributed by atoms with van der Waals surface area (Å²) in [6, 6.07) is 10.4. The number of fused-ring (bicyclic) bond motifs is 1. The van der Waals surface area contributed by atoms with Crippen molar-refractivity contribution in [2.24, 2.45) is 5.84 Å². The van der Waals surface area contributed by atoms with Gasteiger partial charge in [0.25, 0.3) is 0 Å². The molecular formula is C16H23N5. The standard InChI is InChI=1S/C16H23N5/c1-2-20-7-9-21(10-8-20)12-14-11-13-5-3-4-6-15(13)18-16(14)19-17/h3-6,11H,2,7-10,12,17H2,1H3,(H,18,19). The molecule has 0 bridgehead atoms. The highest BCUT2D eigenvalue weighted by atomic mass is 15.3. The molecule has 0 atom stereocenters. The van der Waals surface area contributed by atoms with Gasteiger partial charge in [0.05, 0.1) is 5.52 Å². The number of nitrogens with two attached hydrogens (primary N) is 1. The zero-order chi connectivity index (χ0) is 14.7. The molecule has 0 unspecified atom stereocenters. The first kappa shape index (κ1) is 14.3. The van der Waals surface area contributed by atoms with E-state index in [1.54, 1.807) is 0 Å². The Balaban J connectivity index is 1.79. The highest BCUT2D eigenvalue weighted by Gasteiger charge is 2.17. The second-order valence-corrected chi connectivity index (χ2v) is 5.54. The number of rotatable bonds is 4. The Hall–Kier alpha value is -1.69. The number of benzene rings is 1. The van der Waals surface area contributed by atoms with Crippen LogP contribution in [0.4, 0.5) is 5.82 Å². The monoisotopic (exact) mass is 285 g/mol. The lowest BCUT2D eigenvalue weighted by Crippen LogP contribution is -2.45. The number of nitrogens with one attached hydrogen (secondary N) is 1. The number of hydrazine groups is 1. The lowest BCUT2D eigenvalue weighted by atomic mass is 10.1. The van der Waals surface area contributed by atoms with Gasteiger partial charge in [-0.2, -0.15) is 0 Å². The zero-order valence-electron chi connectivity index (χ0n) is 12.5. The molecule has 1 aliphatic heterocycles. The molecule has 1 aliphatic rings. The Kier molecular flexibility index (Phi) is 4.34. The van der Waals surface area contributed by atoms with Crippen molar-refractivity contribution < 1.29 is 0 Å². The number of likely N-dealkylation sites (N-methyl/N-ethyl adjacent to an activating group) is 1. The summed E-state index contributed by atoms with van der Waals surface area (Å²) in [6.07, 6.45) is 0. The van der Waals surface area contributed by atoms with E-state index in [0.717, 1.165) is 50.6 Å². The van der Waals surface area contributed by atoms with Gasteiger partial charge >= 0.3 is 0 Å². The third-order valence-corrected chi connectivity index (χ3v) is 4.25. The molecule has 0 radical (unpaired) electrons. The number of nitrogen functional groups attached to an aromatic ring is 1. The van der Waals surface area contributed by atoms with Crippen LogP contribution in [0.15, 0.2) is 30.3 Å². The Morgan fingerprint density at radius 3 is 2.57 bits per heavy atom. The van der Waals surface area contributed by atoms with Crippen molar-refractivity contribution in [3.05, 3.63) is 35.9 Å². The molecule has 21 heavy (non-hydrogen) atoms. The second-order valence-electron chi connectivity index (χ2n) is 5.54. The molecule has 3 N–H and O–H groups in total. The molecule has 0 aliphatic carbocycles. The van der Waals surface area contributed by atoms with Gasteiger partial charge in [0.15, 0.2) is 0 Å². The van der Waals surface area contributed by atoms with Crippen LogP contribution in [0.25, 0.3) is 10.9 Å². The average molecular weight is 285 g/mol. The number of para-hydroxylation sites is 1. The average Bonchev–Trinajstić information content (AvgIpc) is 2.55. The summed E-state index contributed by atoms with van der Waals surface area (Å²) < 4.78 is 0. The largest absolute Gasteiger partial charge is 0.308 e. The molecule has 0 amide bonds. The van der Waals surface area contributed by atoms with Gasteiger partial charge in [-0.05, 0) is 18.7 Å². The minimum Gasteiger partial charge on any atom is -0.308 e. The van der Waals surface area contributed by atoms with Crippen molar-refractivity contribution in [1.82, 2.24) is 14.8 Å². The zero-order valence-corrected chi connectivity index (χ0v) is 12.5. The van der Waals surface area contributed by atoms with E-state index in [9.17, 15) is 0 Å². The minimum absolute atomic E-state index is 0.784. The van der Waals surface area contributed by atoms with Crippen LogP contribution >= 0.6 is 0 Å². The SMILES string of the molecule is CCN1CCN(Cc2cc3ccccc3nc2NN)CC1. The number of hydrogen-bond acceptors (Lipinski definition) is 5. The highest BCUT2D eigenvalue weighted by Crippen LogP contribution is 2.21. The fourth-order valence-corrected chi connectivity index (χ4v) is 2.91. The van der Waals surface area contributed by atoms with Gasteiger partial charge in [0, 0.05) is 43.7 Å². The number of nitrogens with zero attached hydrogens (tertiary/aromatic N) is 3. The summed E-state index contributed by atoms with van der Waals surface area (Å²) in [4.78, 5) is 9.57. The molecule has 5 heteroatoms. The van der Waals surface area contributed by atoms with E-state index in [4.69, 9.17) is 5.84 Å². The van der Waals surface area contributed by atoms with Crippen molar-refractivity contribution in [2.45, 2.75) is 13.5 Å². The fraction of sp³-hybridized carbons (Fsp3) is 0.438. The first-order chi connectivity index (χ1) is 10.3. The maximum atomic E-state index is 5.65. The van der Waals surface area contributed by atoms with Gasteiger partial charge in [-0.15, -0.1) is 0 Å². The van der Waals surface area contributed by atoms with Crippen molar-refractivity contribution in [3.63, 3.8) is 0 Å². The number of anilines is 1. The Morgan fingerprint density at radius 1 is 1.14 bits per heavy atom. The molecule has 1 aromatic heterocycles. The third kappa shape index (κ3) is 3.15. The Bertz CT molecular complexity index is 605. The van der Waals surface area contributed by atoms with Crippen molar-refractivity contribution in [3.8, 4) is 0 Å². The predicted octanol–water partition coefficient (Wildman–Crippen LogP) is 1.66. The normalized spacial score (nSPS) is 17.2. The van der Waals surface area contributed by atoms with Gasteiger partial charge in [-0.3, -0.25) is 4.90 Å². The molecule has 0 spiro atoms. The molecular weight excluding hydrogens is 262 g/mol. The first-order valence-electron chi connectivity index (χ1n) is 7.60. The number of pyridine rings is 1. The topological polar surface area (TPSA) is 57.4 Å². The van der Waals surface area contributed by atoms with E-state index < -0.39 is 0 Å². The van der Waals surface area contributed by atoms with Gasteiger partial charge < -0.3 is 10.3 Å². The molecule has 2 heterocycles. The van der Waals surface area contributed by atoms with E-state index in [2.05, 4.69) is 39.3 Å². The molecule has 2 aromatic rings. The number of piperazine rings is 1. The smallest absolute Gasteiger partial charge is 0.145 e. The lowest BCUT2D eigenvalue weighted by molar-refractivity contribution is 0.132. The van der Waals surface area contributed by atoms with Crippen LogP contribution in [0.1, 0.15) is 12.5 Å². The van der Waals surface area contributed by atoms with Crippen LogP contribution in [-0.2, 0) is 6.54 Å². The van der Waals surface area contributed by atoms with E-state index in [-0.39, 0.29) is 0 Å². The van der Waals surface area contributed by atoms with Gasteiger partial charge in [-0.1, -0.05) is 25.1 Å². The van der Waals surface area contributed by atoms with Crippen LogP contribution in [0, 0.1) is 0 Å². The summed E-state index contributed by atoms with van der Waals surface area (Å²) in [7, 11) is 0. The predicted molar refractivity (Wildman–Crippen MR) is 86.9 cm³/mol. The second kappa shape index (κ2) is 6.39. The van der Waals surface area contributed by atoms with Crippen molar-refractivity contribution >= 4 is 16.7 Å². The van der Waals surface area contributed by atoms with Crippen LogP contribution in [0.3, 0.4) is 0 Å². The lowest BCUT2D eigenvalue weighted by Gasteiger charge is -2.34. The molecule has 3 rings (SSSR count). The van der Waals surface area contributed by atoms with Gasteiger partial charge in [-0.25, -0.2) is 10.8 Å². The van der Waals surface area contributed by atoms with E-state index in [1.807, 2.05) is 18.2 Å². The van der Waals surface area contributed by atoms with Crippen molar-refractivity contribution in [2.75, 3.05) is 38.1 Å². The van der Waals surface area contributed by atoms with E-state index in [0.29, 0.717) is 0 Å². The Labute approximate surface area is 125 Å². The maximum absolute atomic E-state index is 5.65. The van der Waals surface area contributed by atoms with Crippen LogP contribution < -0.4 is 11.3 Å². The number of aromatic nitrogens is 1. The molecule has 5 nitrogen and oxygen atoms in total. The summed E-state index contributed by atoms with van der Waals surface area (Å²) >= 11 is 0. The first-order valence-corrected chi connectivity index (χ1v) is 7.60. The summed E-state index contributed by atoms with van der Waals surface area (Å²) in [5.41, 5.74) is 4.89. The summed E-state index contributed by atoms with van der Waals surface area (Å²) in [6.45, 7) is 8.75. The Morgan fingerprint density at radius 2 is 1.86 bits per heavy atom. The van der Waals surface area contributed by atoms with Gasteiger partial charge in [0.2, 0.25) is 0 Å². The van der Waals surface area contributed by atoms with Gasteiger partial charge in [0.1, 0.15) is 5.82 Å². The minimum atomic E-state index is 0.784. The highest BCUT2D eigenvalue weighted by molar-refractivity contribution is 5.81. The fourth-order valence-electron chi connectivity index (χ4n) is 2.91. The third-order valence-electron chi connectivity index (χ3n) is 4.25. The van der Waals surface area contributed by atoms with Crippen molar-refractivity contribution in [1.29, 1.82) is 0 Å². The van der Waals surface area contributed by atoms with E-state index in [1.165, 1.54) is 10.9 Å². The summed E-state index contributed by atoms with van der Waals surface area (Å²) in [5, 5.41) is 1.17. The van der Waals surface area contributed by atoms with Crippen LogP contribution in [-0.4, -0.2) is 47.5 Å². The molecule has 1 saturated heterocycles. The quantitative estimate of drug-likeness (QED) is 0.661. The molecule has 1 aromatic carbocycles.